The number of pyridine rings is 1. The second kappa shape index (κ2) is 4.94. The zero-order valence-electron chi connectivity index (χ0n) is 9.43. The Morgan fingerprint density at radius 3 is 2.71 bits per heavy atom. The van der Waals surface area contributed by atoms with Gasteiger partial charge in [-0.05, 0) is 24.5 Å². The zero-order valence-corrected chi connectivity index (χ0v) is 9.43. The van der Waals surface area contributed by atoms with Crippen molar-refractivity contribution >= 4 is 5.82 Å². The Hall–Kier alpha value is -1.26. The van der Waals surface area contributed by atoms with Crippen LogP contribution < -0.4 is 5.32 Å². The van der Waals surface area contributed by atoms with Gasteiger partial charge in [0.15, 0.2) is 0 Å². The minimum absolute atomic E-state index is 0.305. The molecule has 1 saturated carbocycles. The topological polar surface area (TPSA) is 24.9 Å². The number of nitrogens with zero attached hydrogens (tertiary/aromatic N) is 1. The number of hydrogen-bond acceptors (Lipinski definition) is 2. The normalized spacial score (nSPS) is 16.6. The van der Waals surface area contributed by atoms with Gasteiger partial charge in [-0.25, -0.2) is 4.98 Å². The maximum Gasteiger partial charge on any atom is 0.416 e. The van der Waals surface area contributed by atoms with Gasteiger partial charge < -0.3 is 5.32 Å². The molecule has 1 aromatic rings. The molecule has 0 amide bonds. The van der Waals surface area contributed by atoms with Crippen LogP contribution in [0.5, 0.6) is 0 Å². The Bertz CT molecular complexity index is 372. The molecule has 2 rings (SSSR count). The molecule has 0 aliphatic heterocycles. The molecule has 1 heterocycles. The van der Waals surface area contributed by atoms with Crippen molar-refractivity contribution < 1.29 is 13.2 Å². The van der Waals surface area contributed by atoms with Crippen LogP contribution in [0.1, 0.15) is 31.2 Å². The maximum absolute atomic E-state index is 12.4. The molecule has 0 saturated heterocycles. The van der Waals surface area contributed by atoms with Crippen LogP contribution in [0.4, 0.5) is 19.0 Å². The zero-order chi connectivity index (χ0) is 12.3. The molecule has 0 spiro atoms. The van der Waals surface area contributed by atoms with Gasteiger partial charge in [0.25, 0.3) is 0 Å². The lowest BCUT2D eigenvalue weighted by Gasteiger charge is -2.25. The van der Waals surface area contributed by atoms with E-state index in [1.165, 1.54) is 25.5 Å². The summed E-state index contributed by atoms with van der Waals surface area (Å²) < 4.78 is 37.3. The van der Waals surface area contributed by atoms with Crippen molar-refractivity contribution in [1.82, 2.24) is 4.98 Å². The highest BCUT2D eigenvalue weighted by atomic mass is 19.4. The monoisotopic (exact) mass is 244 g/mol. The third-order valence-corrected chi connectivity index (χ3v) is 3.17. The summed E-state index contributed by atoms with van der Waals surface area (Å²) >= 11 is 0. The number of nitrogens with one attached hydrogen (secondary N) is 1. The van der Waals surface area contributed by atoms with Crippen LogP contribution in [0.2, 0.25) is 0 Å². The van der Waals surface area contributed by atoms with E-state index in [1.807, 2.05) is 0 Å². The predicted octanol–water partition coefficient (Wildman–Crippen LogP) is 3.70. The van der Waals surface area contributed by atoms with Crippen LogP contribution in [-0.2, 0) is 6.18 Å². The highest BCUT2D eigenvalue weighted by molar-refractivity contribution is 5.38. The number of alkyl halides is 3. The Labute approximate surface area is 98.2 Å². The van der Waals surface area contributed by atoms with Crippen LogP contribution in [0.25, 0.3) is 0 Å². The van der Waals surface area contributed by atoms with Crippen LogP contribution in [0, 0.1) is 5.92 Å². The summed E-state index contributed by atoms with van der Waals surface area (Å²) in [6.07, 6.45) is 1.68. The lowest BCUT2D eigenvalue weighted by atomic mass is 9.83. The summed E-state index contributed by atoms with van der Waals surface area (Å²) in [5.41, 5.74) is -0.654. The maximum atomic E-state index is 12.4. The van der Waals surface area contributed by atoms with Gasteiger partial charge >= 0.3 is 6.18 Å². The van der Waals surface area contributed by atoms with Gasteiger partial charge in [-0.1, -0.05) is 19.3 Å². The molecule has 1 N–H and O–H groups in total. The second-order valence-electron chi connectivity index (χ2n) is 4.44. The fourth-order valence-electron chi connectivity index (χ4n) is 1.89. The summed E-state index contributed by atoms with van der Waals surface area (Å²) in [6, 6.07) is 2.04. The van der Waals surface area contributed by atoms with E-state index >= 15 is 0 Å². The van der Waals surface area contributed by atoms with Crippen molar-refractivity contribution in [2.45, 2.75) is 31.9 Å². The first-order valence-corrected chi connectivity index (χ1v) is 5.83. The average Bonchev–Trinajstić information content (AvgIpc) is 2.21. The Morgan fingerprint density at radius 2 is 2.12 bits per heavy atom. The molecule has 0 atom stereocenters. The molecule has 94 valence electrons. The predicted molar refractivity (Wildman–Crippen MR) is 59.7 cm³/mol. The molecule has 5 heteroatoms. The smallest absolute Gasteiger partial charge is 0.370 e. The first-order valence-electron chi connectivity index (χ1n) is 5.83. The number of rotatable bonds is 4. The first kappa shape index (κ1) is 12.2. The number of aromatic nitrogens is 1. The lowest BCUT2D eigenvalue weighted by Crippen LogP contribution is -2.16. The molecule has 2 nitrogen and oxygen atoms in total. The minimum atomic E-state index is -4.30. The first-order chi connectivity index (χ1) is 8.05. The molecule has 17 heavy (non-hydrogen) atoms. The van der Waals surface area contributed by atoms with Gasteiger partial charge in [0.2, 0.25) is 0 Å². The van der Waals surface area contributed by atoms with E-state index in [-0.39, 0.29) is 0 Å². The van der Waals surface area contributed by atoms with Gasteiger partial charge in [-0.2, -0.15) is 13.2 Å². The fourth-order valence-corrected chi connectivity index (χ4v) is 1.89. The fraction of sp³-hybridized carbons (Fsp3) is 0.583. The molecule has 0 radical (unpaired) electrons. The molecular weight excluding hydrogens is 229 g/mol. The van der Waals surface area contributed by atoms with E-state index in [1.54, 1.807) is 0 Å². The largest absolute Gasteiger partial charge is 0.416 e. The van der Waals surface area contributed by atoms with E-state index in [2.05, 4.69) is 10.3 Å². The highest BCUT2D eigenvalue weighted by Crippen LogP contribution is 2.31. The number of halogens is 3. The molecule has 0 aromatic carbocycles. The molecule has 0 bridgehead atoms. The summed E-state index contributed by atoms with van der Waals surface area (Å²) in [5, 5.41) is 2.95. The Balaban J connectivity index is 1.87. The number of anilines is 1. The SMILES string of the molecule is FC(F)(F)c1ccnc(NCCC2CCC2)c1. The van der Waals surface area contributed by atoms with Gasteiger partial charge in [0, 0.05) is 12.7 Å². The van der Waals surface area contributed by atoms with Crippen molar-refractivity contribution in [3.63, 3.8) is 0 Å². The molecule has 1 fully saturated rings. The summed E-state index contributed by atoms with van der Waals surface area (Å²) in [6.45, 7) is 0.693. The summed E-state index contributed by atoms with van der Waals surface area (Å²) in [5.74, 6) is 1.05. The Kier molecular flexibility index (Phi) is 3.54. The van der Waals surface area contributed by atoms with Crippen LogP contribution in [-0.4, -0.2) is 11.5 Å². The summed E-state index contributed by atoms with van der Waals surface area (Å²) in [7, 11) is 0. The third-order valence-electron chi connectivity index (χ3n) is 3.17. The van der Waals surface area contributed by atoms with Crippen LogP contribution in [0.3, 0.4) is 0 Å². The Morgan fingerprint density at radius 1 is 1.35 bits per heavy atom. The van der Waals surface area contributed by atoms with E-state index in [9.17, 15) is 13.2 Å². The van der Waals surface area contributed by atoms with Crippen molar-refractivity contribution in [1.29, 1.82) is 0 Å². The van der Waals surface area contributed by atoms with Crippen molar-refractivity contribution in [2.24, 2.45) is 5.92 Å². The molecule has 1 aliphatic carbocycles. The molecular formula is C12H15F3N2. The molecule has 1 aromatic heterocycles. The summed E-state index contributed by atoms with van der Waals surface area (Å²) in [4.78, 5) is 3.88. The second-order valence-corrected chi connectivity index (χ2v) is 4.44. The van der Waals surface area contributed by atoms with E-state index < -0.39 is 11.7 Å². The standard InChI is InChI=1S/C12H15F3N2/c13-12(14,15)10-5-7-17-11(8-10)16-6-4-9-2-1-3-9/h5,7-9H,1-4,6H2,(H,16,17). The van der Waals surface area contributed by atoms with Gasteiger partial charge in [-0.15, -0.1) is 0 Å². The van der Waals surface area contributed by atoms with E-state index in [4.69, 9.17) is 0 Å². The van der Waals surface area contributed by atoms with Crippen LogP contribution in [0.15, 0.2) is 18.3 Å². The van der Waals surface area contributed by atoms with Crippen molar-refractivity contribution in [3.05, 3.63) is 23.9 Å². The number of hydrogen-bond donors (Lipinski definition) is 1. The molecule has 0 unspecified atom stereocenters. The van der Waals surface area contributed by atoms with Crippen molar-refractivity contribution in [2.75, 3.05) is 11.9 Å². The van der Waals surface area contributed by atoms with Gasteiger partial charge in [0.05, 0.1) is 5.56 Å². The quantitative estimate of drug-likeness (QED) is 0.873. The van der Waals surface area contributed by atoms with E-state index in [0.717, 1.165) is 24.5 Å². The van der Waals surface area contributed by atoms with E-state index in [0.29, 0.717) is 12.4 Å². The minimum Gasteiger partial charge on any atom is -0.370 e. The van der Waals surface area contributed by atoms with Gasteiger partial charge in [0.1, 0.15) is 5.82 Å². The van der Waals surface area contributed by atoms with Gasteiger partial charge in [-0.3, -0.25) is 0 Å². The third kappa shape index (κ3) is 3.35. The van der Waals surface area contributed by atoms with Crippen LogP contribution >= 0.6 is 0 Å². The lowest BCUT2D eigenvalue weighted by molar-refractivity contribution is -0.137. The van der Waals surface area contributed by atoms with Crippen molar-refractivity contribution in [3.8, 4) is 0 Å². The average molecular weight is 244 g/mol. The highest BCUT2D eigenvalue weighted by Gasteiger charge is 2.30. The molecule has 1 aliphatic rings.